The molecule has 0 amide bonds. The van der Waals surface area contributed by atoms with Crippen molar-refractivity contribution in [3.63, 3.8) is 0 Å². The number of hydrogen-bond donors (Lipinski definition) is 2. The third kappa shape index (κ3) is 6.34. The van der Waals surface area contributed by atoms with Crippen LogP contribution in [0, 0.1) is 0 Å². The Bertz CT molecular complexity index is 888. The van der Waals surface area contributed by atoms with E-state index in [1.165, 1.54) is 0 Å². The minimum absolute atomic E-state index is 0.0612. The van der Waals surface area contributed by atoms with Gasteiger partial charge in [0, 0.05) is 35.1 Å². The maximum atomic E-state index is 13.2. The van der Waals surface area contributed by atoms with Gasteiger partial charge in [-0.15, -0.1) is 0 Å². The molecule has 0 heterocycles. The van der Waals surface area contributed by atoms with E-state index in [2.05, 4.69) is 0 Å². The van der Waals surface area contributed by atoms with Gasteiger partial charge in [0.2, 0.25) is 0 Å². The van der Waals surface area contributed by atoms with Crippen LogP contribution in [0.4, 0.5) is 0 Å². The first kappa shape index (κ1) is 25.4. The first-order valence-electron chi connectivity index (χ1n) is 10.5. The third-order valence-electron chi connectivity index (χ3n) is 4.60. The largest absolute Gasteiger partial charge is 0.459 e. The molecular weight excluding hydrogens is 412 g/mol. The summed E-state index contributed by atoms with van der Waals surface area (Å²) >= 11 is 0. The van der Waals surface area contributed by atoms with Crippen molar-refractivity contribution in [2.75, 3.05) is 0 Å². The van der Waals surface area contributed by atoms with Crippen LogP contribution in [0.2, 0.25) is 0 Å². The van der Waals surface area contributed by atoms with E-state index in [0.717, 1.165) is 0 Å². The van der Waals surface area contributed by atoms with Crippen molar-refractivity contribution in [2.45, 2.75) is 77.7 Å². The molecule has 1 aromatic carbocycles. The van der Waals surface area contributed by atoms with E-state index >= 15 is 0 Å². The molecule has 2 atom stereocenters. The Hall–Kier alpha value is -2.84. The quantitative estimate of drug-likeness (QED) is 0.638. The lowest BCUT2D eigenvalue weighted by molar-refractivity contribution is -0.157. The molecule has 4 N–H and O–H groups in total. The zero-order valence-corrected chi connectivity index (χ0v) is 19.5. The highest BCUT2D eigenvalue weighted by Gasteiger charge is 2.36. The lowest BCUT2D eigenvalue weighted by Crippen LogP contribution is -2.41. The zero-order chi connectivity index (χ0) is 24.4. The molecule has 174 valence electrons. The summed E-state index contributed by atoms with van der Waals surface area (Å²) in [6.07, 6.45) is -0.436. The predicted molar refractivity (Wildman–Crippen MR) is 119 cm³/mol. The fourth-order valence-electron chi connectivity index (χ4n) is 3.27. The van der Waals surface area contributed by atoms with Crippen LogP contribution in [-0.2, 0) is 19.1 Å². The number of ketones is 2. The van der Waals surface area contributed by atoms with Crippen molar-refractivity contribution in [3.05, 3.63) is 46.5 Å². The second-order valence-corrected chi connectivity index (χ2v) is 9.85. The molecule has 0 saturated heterocycles. The zero-order valence-electron chi connectivity index (χ0n) is 19.5. The van der Waals surface area contributed by atoms with E-state index < -0.39 is 46.8 Å². The number of benzene rings is 1. The van der Waals surface area contributed by atoms with Crippen LogP contribution in [-0.4, -0.2) is 46.8 Å². The number of carbonyl (C=O) groups is 4. The van der Waals surface area contributed by atoms with Gasteiger partial charge in [0.1, 0.15) is 23.3 Å². The Labute approximate surface area is 188 Å². The van der Waals surface area contributed by atoms with Crippen molar-refractivity contribution in [1.82, 2.24) is 0 Å². The molecule has 0 spiro atoms. The van der Waals surface area contributed by atoms with Gasteiger partial charge in [-0.05, 0) is 41.5 Å². The number of fused-ring (bicyclic) bond motifs is 1. The molecule has 1 aliphatic rings. The molecule has 0 saturated carbocycles. The first-order valence-corrected chi connectivity index (χ1v) is 10.5. The van der Waals surface area contributed by atoms with E-state index in [1.54, 1.807) is 65.8 Å². The van der Waals surface area contributed by atoms with E-state index in [0.29, 0.717) is 0 Å². The molecule has 0 bridgehead atoms. The number of nitrogens with two attached hydrogens (primary N) is 2. The summed E-state index contributed by atoms with van der Waals surface area (Å²) in [6, 6.07) is 4.04. The van der Waals surface area contributed by atoms with E-state index in [4.69, 9.17) is 20.9 Å². The summed E-state index contributed by atoms with van der Waals surface area (Å²) in [7, 11) is 0. The number of Topliss-reactive ketones (excluding diaryl/α,β-unsaturated/α-hetero) is 2. The molecule has 32 heavy (non-hydrogen) atoms. The van der Waals surface area contributed by atoms with Crippen LogP contribution >= 0.6 is 0 Å². The van der Waals surface area contributed by atoms with Gasteiger partial charge in [-0.1, -0.05) is 24.3 Å². The van der Waals surface area contributed by atoms with Gasteiger partial charge in [0.05, 0.1) is 0 Å². The molecule has 1 aliphatic carbocycles. The monoisotopic (exact) mass is 444 g/mol. The molecule has 2 unspecified atom stereocenters. The van der Waals surface area contributed by atoms with Crippen LogP contribution in [0.15, 0.2) is 35.4 Å². The molecular formula is C24H32N2O6. The second kappa shape index (κ2) is 9.34. The van der Waals surface area contributed by atoms with Crippen LogP contribution in [0.3, 0.4) is 0 Å². The fraction of sp³-hybridized carbons (Fsp3) is 0.500. The van der Waals surface area contributed by atoms with Gasteiger partial charge in [0.15, 0.2) is 11.6 Å². The summed E-state index contributed by atoms with van der Waals surface area (Å²) in [4.78, 5) is 51.2. The Morgan fingerprint density at radius 3 is 1.34 bits per heavy atom. The molecule has 8 heteroatoms. The van der Waals surface area contributed by atoms with Crippen LogP contribution in [0.1, 0.15) is 75.1 Å². The van der Waals surface area contributed by atoms with E-state index in [1.807, 2.05) is 0 Å². The SMILES string of the molecule is CC(C)(C)OC(=O)C(N)CC1=C(CC(N)C(=O)OC(C)(C)C)C(=O)c2ccccc2C1=O. The van der Waals surface area contributed by atoms with Crippen molar-refractivity contribution in [1.29, 1.82) is 0 Å². The number of ether oxygens (including phenoxy) is 2. The minimum atomic E-state index is -1.17. The maximum absolute atomic E-state index is 13.2. The van der Waals surface area contributed by atoms with Crippen molar-refractivity contribution in [2.24, 2.45) is 11.5 Å². The number of esters is 2. The van der Waals surface area contributed by atoms with Crippen molar-refractivity contribution in [3.8, 4) is 0 Å². The Balaban J connectivity index is 2.42. The van der Waals surface area contributed by atoms with E-state index in [-0.39, 0.29) is 35.1 Å². The normalized spacial score (nSPS) is 16.4. The lowest BCUT2D eigenvalue weighted by Gasteiger charge is -2.26. The number of hydrogen-bond acceptors (Lipinski definition) is 8. The number of rotatable bonds is 6. The summed E-state index contributed by atoms with van der Waals surface area (Å²) < 4.78 is 10.6. The standard InChI is InChI=1S/C24H32N2O6/c1-23(2,3)31-21(29)17(25)11-15-16(12-18(26)22(30)32-24(4,5)6)20(28)14-10-8-7-9-13(14)19(15)27/h7-10,17-18H,11-12,25-26H2,1-6H3. The molecule has 0 aromatic heterocycles. The van der Waals surface area contributed by atoms with Gasteiger partial charge in [-0.25, -0.2) is 0 Å². The lowest BCUT2D eigenvalue weighted by atomic mass is 9.79. The van der Waals surface area contributed by atoms with Crippen LogP contribution in [0.5, 0.6) is 0 Å². The van der Waals surface area contributed by atoms with Crippen LogP contribution < -0.4 is 11.5 Å². The van der Waals surface area contributed by atoms with Gasteiger partial charge in [-0.3, -0.25) is 19.2 Å². The molecule has 8 nitrogen and oxygen atoms in total. The highest BCUT2D eigenvalue weighted by atomic mass is 16.6. The molecule has 1 aromatic rings. The predicted octanol–water partition coefficient (Wildman–Crippen LogP) is 2.48. The summed E-state index contributed by atoms with van der Waals surface area (Å²) in [5.41, 5.74) is 11.1. The minimum Gasteiger partial charge on any atom is -0.459 e. The average Bonchev–Trinajstić information content (AvgIpc) is 2.65. The van der Waals surface area contributed by atoms with Crippen molar-refractivity contribution < 1.29 is 28.7 Å². The third-order valence-corrected chi connectivity index (χ3v) is 4.60. The summed E-state index contributed by atoms with van der Waals surface area (Å²) in [5.74, 6) is -2.24. The second-order valence-electron chi connectivity index (χ2n) is 9.85. The van der Waals surface area contributed by atoms with Crippen LogP contribution in [0.25, 0.3) is 0 Å². The van der Waals surface area contributed by atoms with E-state index in [9.17, 15) is 19.2 Å². The Kier molecular flexibility index (Phi) is 7.42. The summed E-state index contributed by atoms with van der Waals surface area (Å²) in [5, 5.41) is 0. The summed E-state index contributed by atoms with van der Waals surface area (Å²) in [6.45, 7) is 10.2. The molecule has 0 fully saturated rings. The van der Waals surface area contributed by atoms with Gasteiger partial charge >= 0.3 is 11.9 Å². The molecule has 2 rings (SSSR count). The topological polar surface area (TPSA) is 139 Å². The van der Waals surface area contributed by atoms with Gasteiger partial charge in [-0.2, -0.15) is 0 Å². The first-order chi connectivity index (χ1) is 14.6. The average molecular weight is 445 g/mol. The number of carbonyl (C=O) groups excluding carboxylic acids is 4. The fourth-order valence-corrected chi connectivity index (χ4v) is 3.27. The van der Waals surface area contributed by atoms with Gasteiger partial charge < -0.3 is 20.9 Å². The highest BCUT2D eigenvalue weighted by Crippen LogP contribution is 2.31. The Morgan fingerprint density at radius 1 is 0.750 bits per heavy atom. The maximum Gasteiger partial charge on any atom is 0.323 e. The highest BCUT2D eigenvalue weighted by molar-refractivity contribution is 6.27. The molecule has 0 aliphatic heterocycles. The Morgan fingerprint density at radius 2 is 1.06 bits per heavy atom. The van der Waals surface area contributed by atoms with Gasteiger partial charge in [0.25, 0.3) is 0 Å². The molecule has 0 radical (unpaired) electrons. The van der Waals surface area contributed by atoms with Crippen molar-refractivity contribution >= 4 is 23.5 Å². The smallest absolute Gasteiger partial charge is 0.323 e.